The van der Waals surface area contributed by atoms with Gasteiger partial charge in [0, 0.05) is 5.56 Å². The quantitative estimate of drug-likeness (QED) is 0.883. The average molecular weight is 302 g/mol. The molecule has 2 atom stereocenters. The van der Waals surface area contributed by atoms with Crippen LogP contribution in [0.1, 0.15) is 27.5 Å². The number of rotatable bonds is 3. The van der Waals surface area contributed by atoms with Gasteiger partial charge < -0.3 is 10.1 Å². The van der Waals surface area contributed by atoms with Crippen molar-refractivity contribution >= 4 is 17.5 Å². The number of carbonyl (C=O) groups is 1. The molecule has 0 aromatic heterocycles. The van der Waals surface area contributed by atoms with E-state index in [1.807, 2.05) is 18.2 Å². The third-order valence-electron chi connectivity index (χ3n) is 3.81. The summed E-state index contributed by atoms with van der Waals surface area (Å²) in [6, 6.07) is 15.0. The number of amides is 1. The molecule has 21 heavy (non-hydrogen) atoms. The molecule has 0 saturated heterocycles. The van der Waals surface area contributed by atoms with Crippen molar-refractivity contribution in [2.75, 3.05) is 7.11 Å². The monoisotopic (exact) mass is 301 g/mol. The summed E-state index contributed by atoms with van der Waals surface area (Å²) in [6.45, 7) is 0. The molecule has 3 nitrogen and oxygen atoms in total. The lowest BCUT2D eigenvalue weighted by atomic mass is 10.1. The van der Waals surface area contributed by atoms with Crippen molar-refractivity contribution in [1.29, 1.82) is 0 Å². The van der Waals surface area contributed by atoms with E-state index < -0.39 is 0 Å². The van der Waals surface area contributed by atoms with Gasteiger partial charge in [0.15, 0.2) is 0 Å². The van der Waals surface area contributed by atoms with Crippen LogP contribution >= 0.6 is 11.6 Å². The van der Waals surface area contributed by atoms with Gasteiger partial charge in [0.05, 0.1) is 18.5 Å². The van der Waals surface area contributed by atoms with E-state index in [4.69, 9.17) is 16.3 Å². The highest BCUT2D eigenvalue weighted by molar-refractivity contribution is 6.21. The molecule has 3 rings (SSSR count). The Morgan fingerprint density at radius 1 is 1.19 bits per heavy atom. The maximum atomic E-state index is 12.3. The first kappa shape index (κ1) is 14.0. The minimum atomic E-state index is -0.141. The van der Waals surface area contributed by atoms with E-state index in [-0.39, 0.29) is 17.3 Å². The molecule has 0 aliphatic heterocycles. The maximum Gasteiger partial charge on any atom is 0.251 e. The molecular formula is C17H16ClNO2. The Morgan fingerprint density at radius 3 is 2.62 bits per heavy atom. The van der Waals surface area contributed by atoms with Crippen LogP contribution in [0.2, 0.25) is 0 Å². The van der Waals surface area contributed by atoms with Crippen molar-refractivity contribution in [2.24, 2.45) is 0 Å². The van der Waals surface area contributed by atoms with E-state index in [9.17, 15) is 4.79 Å². The van der Waals surface area contributed by atoms with Crippen molar-refractivity contribution in [3.8, 4) is 5.75 Å². The molecule has 1 N–H and O–H groups in total. The van der Waals surface area contributed by atoms with Crippen LogP contribution in [0.5, 0.6) is 5.75 Å². The average Bonchev–Trinajstić information content (AvgIpc) is 2.83. The van der Waals surface area contributed by atoms with Crippen molar-refractivity contribution in [3.63, 3.8) is 0 Å². The summed E-state index contributed by atoms with van der Waals surface area (Å²) in [5, 5.41) is 2.92. The second-order valence-corrected chi connectivity index (χ2v) is 5.66. The van der Waals surface area contributed by atoms with Crippen LogP contribution in [0.4, 0.5) is 0 Å². The molecule has 1 aliphatic carbocycles. The number of carbonyl (C=O) groups excluding carboxylic acids is 1. The van der Waals surface area contributed by atoms with Crippen molar-refractivity contribution < 1.29 is 9.53 Å². The van der Waals surface area contributed by atoms with Gasteiger partial charge in [0.2, 0.25) is 0 Å². The second kappa shape index (κ2) is 5.78. The van der Waals surface area contributed by atoms with E-state index in [0.29, 0.717) is 5.56 Å². The van der Waals surface area contributed by atoms with Gasteiger partial charge in [-0.05, 0) is 41.8 Å². The third-order valence-corrected chi connectivity index (χ3v) is 4.21. The topological polar surface area (TPSA) is 38.3 Å². The lowest BCUT2D eigenvalue weighted by molar-refractivity contribution is 0.0937. The molecule has 0 bridgehead atoms. The molecule has 0 heterocycles. The predicted molar refractivity (Wildman–Crippen MR) is 83.0 cm³/mol. The Hall–Kier alpha value is -2.00. The van der Waals surface area contributed by atoms with Crippen LogP contribution in [-0.4, -0.2) is 18.4 Å². The summed E-state index contributed by atoms with van der Waals surface area (Å²) in [7, 11) is 1.60. The molecular weight excluding hydrogens is 286 g/mol. The molecule has 4 heteroatoms. The second-order valence-electron chi connectivity index (χ2n) is 5.10. The lowest BCUT2D eigenvalue weighted by Crippen LogP contribution is -2.31. The zero-order valence-electron chi connectivity index (χ0n) is 11.7. The molecule has 1 aliphatic rings. The van der Waals surface area contributed by atoms with Gasteiger partial charge in [-0.2, -0.15) is 0 Å². The minimum Gasteiger partial charge on any atom is -0.497 e. The summed E-state index contributed by atoms with van der Waals surface area (Å²) < 4.78 is 5.09. The Bertz CT molecular complexity index is 654. The molecule has 0 saturated carbocycles. The molecule has 0 fully saturated rings. The Morgan fingerprint density at radius 2 is 1.90 bits per heavy atom. The SMILES string of the molecule is COc1ccc(C(=O)NC2c3ccccc3CC2Cl)cc1. The standard InChI is InChI=1S/C17H16ClNO2/c1-21-13-8-6-11(7-9-13)17(20)19-16-14-5-3-2-4-12(14)10-15(16)18/h2-9,15-16H,10H2,1H3,(H,19,20). The summed E-state index contributed by atoms with van der Waals surface area (Å²) in [4.78, 5) is 12.3. The maximum absolute atomic E-state index is 12.3. The summed E-state index contributed by atoms with van der Waals surface area (Å²) in [5.74, 6) is 0.609. The van der Waals surface area contributed by atoms with Crippen LogP contribution < -0.4 is 10.1 Å². The fourth-order valence-corrected chi connectivity index (χ4v) is 3.05. The molecule has 2 unspecified atom stereocenters. The van der Waals surface area contributed by atoms with Gasteiger partial charge >= 0.3 is 0 Å². The molecule has 108 valence electrons. The van der Waals surface area contributed by atoms with E-state index in [1.165, 1.54) is 5.56 Å². The van der Waals surface area contributed by atoms with Crippen LogP contribution in [0.25, 0.3) is 0 Å². The number of alkyl halides is 1. The highest BCUT2D eigenvalue weighted by Crippen LogP contribution is 2.34. The highest BCUT2D eigenvalue weighted by Gasteiger charge is 2.31. The third kappa shape index (κ3) is 2.74. The fourth-order valence-electron chi connectivity index (χ4n) is 2.68. The highest BCUT2D eigenvalue weighted by atomic mass is 35.5. The number of benzene rings is 2. The number of halogens is 1. The molecule has 1 amide bonds. The van der Waals surface area contributed by atoms with Crippen molar-refractivity contribution in [2.45, 2.75) is 17.8 Å². The minimum absolute atomic E-state index is 0.107. The zero-order valence-corrected chi connectivity index (χ0v) is 12.4. The Kier molecular flexibility index (Phi) is 3.84. The van der Waals surface area contributed by atoms with Crippen molar-refractivity contribution in [1.82, 2.24) is 5.32 Å². The Labute approximate surface area is 128 Å². The normalized spacial score (nSPS) is 19.9. The number of hydrogen-bond donors (Lipinski definition) is 1. The van der Waals surface area contributed by atoms with E-state index in [2.05, 4.69) is 11.4 Å². The predicted octanol–water partition coefficient (Wildman–Crippen LogP) is 3.33. The first-order chi connectivity index (χ1) is 10.2. The molecule has 0 radical (unpaired) electrons. The number of ether oxygens (including phenoxy) is 1. The Balaban J connectivity index is 1.78. The summed E-state index contributed by atoms with van der Waals surface area (Å²) in [6.07, 6.45) is 0.783. The smallest absolute Gasteiger partial charge is 0.251 e. The molecule has 2 aromatic carbocycles. The first-order valence-corrected chi connectivity index (χ1v) is 7.29. The van der Waals surface area contributed by atoms with Gasteiger partial charge in [-0.1, -0.05) is 24.3 Å². The molecule has 0 spiro atoms. The molecule has 2 aromatic rings. The lowest BCUT2D eigenvalue weighted by Gasteiger charge is -2.17. The van der Waals surface area contributed by atoms with Crippen LogP contribution in [0, 0.1) is 0 Å². The van der Waals surface area contributed by atoms with Gasteiger partial charge in [-0.15, -0.1) is 11.6 Å². The van der Waals surface area contributed by atoms with Gasteiger partial charge in [0.1, 0.15) is 5.75 Å². The summed E-state index contributed by atoms with van der Waals surface area (Å²) >= 11 is 6.39. The zero-order chi connectivity index (χ0) is 14.8. The van der Waals surface area contributed by atoms with Crippen molar-refractivity contribution in [3.05, 3.63) is 65.2 Å². The van der Waals surface area contributed by atoms with E-state index in [1.54, 1.807) is 31.4 Å². The number of methoxy groups -OCH3 is 1. The fraction of sp³-hybridized carbons (Fsp3) is 0.235. The van der Waals surface area contributed by atoms with E-state index >= 15 is 0 Å². The van der Waals surface area contributed by atoms with Crippen LogP contribution in [0.15, 0.2) is 48.5 Å². The summed E-state index contributed by atoms with van der Waals surface area (Å²) in [5.41, 5.74) is 2.92. The van der Waals surface area contributed by atoms with Gasteiger partial charge in [-0.25, -0.2) is 0 Å². The van der Waals surface area contributed by atoms with Gasteiger partial charge in [0.25, 0.3) is 5.91 Å². The van der Waals surface area contributed by atoms with Crippen LogP contribution in [-0.2, 0) is 6.42 Å². The van der Waals surface area contributed by atoms with Gasteiger partial charge in [-0.3, -0.25) is 4.79 Å². The number of nitrogens with one attached hydrogen (secondary N) is 1. The first-order valence-electron chi connectivity index (χ1n) is 6.86. The number of fused-ring (bicyclic) bond motifs is 1. The number of hydrogen-bond acceptors (Lipinski definition) is 2. The largest absolute Gasteiger partial charge is 0.497 e. The van der Waals surface area contributed by atoms with E-state index in [0.717, 1.165) is 17.7 Å². The van der Waals surface area contributed by atoms with Crippen LogP contribution in [0.3, 0.4) is 0 Å².